The van der Waals surface area contributed by atoms with Crippen molar-refractivity contribution in [3.05, 3.63) is 30.3 Å². The third kappa shape index (κ3) is 6.56. The lowest BCUT2D eigenvalue weighted by Crippen LogP contribution is -2.09. The molecule has 0 aromatic heterocycles. The van der Waals surface area contributed by atoms with E-state index in [-0.39, 0.29) is 7.92 Å². The van der Waals surface area contributed by atoms with Crippen molar-refractivity contribution in [3.8, 4) is 0 Å². The van der Waals surface area contributed by atoms with Gasteiger partial charge in [0, 0.05) is 0 Å². The van der Waals surface area contributed by atoms with Crippen molar-refractivity contribution >= 4 is 29.1 Å². The largest absolute Gasteiger partial charge is 0.106 e. The molecule has 0 bridgehead atoms. The van der Waals surface area contributed by atoms with E-state index in [2.05, 4.69) is 44.2 Å². The summed E-state index contributed by atoms with van der Waals surface area (Å²) in [7, 11) is 0.806. The van der Waals surface area contributed by atoms with Gasteiger partial charge in [0.2, 0.25) is 0 Å². The smallest absolute Gasteiger partial charge is 0.0240 e. The maximum absolute atomic E-state index is 2.44. The van der Waals surface area contributed by atoms with E-state index in [0.29, 0.717) is 15.8 Å². The standard InChI is InChI=1S/C19H33P3/c1-3-5-9-12-21-14-13-20(4-2)15-17-22(18-16-21)19-10-7-6-8-11-19/h6-8,10-11H,3-5,9,12-18H2,1-2H3. The van der Waals surface area contributed by atoms with Gasteiger partial charge in [-0.25, -0.2) is 0 Å². The molecule has 0 amide bonds. The van der Waals surface area contributed by atoms with Crippen molar-refractivity contribution < 1.29 is 0 Å². The molecule has 1 fully saturated rings. The predicted molar refractivity (Wildman–Crippen MR) is 111 cm³/mol. The minimum atomic E-state index is 0.127. The van der Waals surface area contributed by atoms with Crippen LogP contribution in [0.3, 0.4) is 0 Å². The Morgan fingerprint density at radius 2 is 1.41 bits per heavy atom. The van der Waals surface area contributed by atoms with Gasteiger partial charge in [-0.2, -0.15) is 0 Å². The minimum absolute atomic E-state index is 0.127. The molecule has 1 heterocycles. The Labute approximate surface area is 142 Å². The fourth-order valence-corrected chi connectivity index (χ4v) is 13.2. The van der Waals surface area contributed by atoms with Gasteiger partial charge in [-0.1, -0.05) is 64.9 Å². The molecule has 1 aromatic carbocycles. The third-order valence-corrected chi connectivity index (χ3v) is 13.6. The quantitative estimate of drug-likeness (QED) is 0.435. The van der Waals surface area contributed by atoms with Crippen molar-refractivity contribution in [2.24, 2.45) is 0 Å². The molecule has 22 heavy (non-hydrogen) atoms. The van der Waals surface area contributed by atoms with Gasteiger partial charge in [0.05, 0.1) is 0 Å². The predicted octanol–water partition coefficient (Wildman–Crippen LogP) is 5.98. The summed E-state index contributed by atoms with van der Waals surface area (Å²) in [5, 5.41) is 1.67. The Kier molecular flexibility index (Phi) is 9.53. The van der Waals surface area contributed by atoms with E-state index in [9.17, 15) is 0 Å². The Hall–Kier alpha value is 0.510. The minimum Gasteiger partial charge on any atom is -0.106 e. The van der Waals surface area contributed by atoms with E-state index < -0.39 is 0 Å². The van der Waals surface area contributed by atoms with Crippen LogP contribution in [-0.2, 0) is 0 Å². The third-order valence-electron chi connectivity index (χ3n) is 4.75. The van der Waals surface area contributed by atoms with E-state index in [1.807, 2.05) is 0 Å². The van der Waals surface area contributed by atoms with Gasteiger partial charge in [-0.3, -0.25) is 0 Å². The second-order valence-electron chi connectivity index (χ2n) is 6.31. The molecular weight excluding hydrogens is 321 g/mol. The van der Waals surface area contributed by atoms with Crippen LogP contribution in [0.5, 0.6) is 0 Å². The summed E-state index contributed by atoms with van der Waals surface area (Å²) in [5.41, 5.74) is 0. The summed E-state index contributed by atoms with van der Waals surface area (Å²) in [6.45, 7) is 4.77. The maximum atomic E-state index is 2.44. The van der Waals surface area contributed by atoms with Crippen LogP contribution in [0, 0.1) is 0 Å². The molecule has 0 aliphatic carbocycles. The fraction of sp³-hybridized carbons (Fsp3) is 0.684. The first-order valence-corrected chi connectivity index (χ1v) is 14.6. The monoisotopic (exact) mass is 354 g/mol. The molecule has 2 rings (SSSR count). The lowest BCUT2D eigenvalue weighted by molar-refractivity contribution is 0.775. The molecule has 1 aliphatic heterocycles. The molecule has 1 aromatic rings. The first-order chi connectivity index (χ1) is 10.8. The van der Waals surface area contributed by atoms with Gasteiger partial charge in [-0.15, -0.1) is 15.8 Å². The summed E-state index contributed by atoms with van der Waals surface area (Å²) in [6, 6.07) is 11.5. The second-order valence-corrected chi connectivity index (χ2v) is 14.3. The van der Waals surface area contributed by atoms with Gasteiger partial charge >= 0.3 is 0 Å². The average Bonchev–Trinajstić information content (AvgIpc) is 2.66. The molecule has 3 heteroatoms. The molecule has 0 N–H and O–H groups in total. The zero-order valence-corrected chi connectivity index (χ0v) is 17.2. The molecule has 0 saturated carbocycles. The van der Waals surface area contributed by atoms with Crippen LogP contribution in [0.25, 0.3) is 0 Å². The highest BCUT2D eigenvalue weighted by molar-refractivity contribution is 7.69. The summed E-state index contributed by atoms with van der Waals surface area (Å²) >= 11 is 0. The number of rotatable bonds is 6. The number of benzene rings is 1. The zero-order valence-electron chi connectivity index (χ0n) is 14.5. The first kappa shape index (κ1) is 18.8. The van der Waals surface area contributed by atoms with E-state index in [1.54, 1.807) is 36.1 Å². The summed E-state index contributed by atoms with van der Waals surface area (Å²) in [6.07, 6.45) is 16.7. The molecule has 0 radical (unpaired) electrons. The van der Waals surface area contributed by atoms with Crippen LogP contribution in [0.15, 0.2) is 30.3 Å². The highest BCUT2D eigenvalue weighted by Gasteiger charge is 2.20. The molecule has 1 saturated heterocycles. The molecule has 1 aliphatic rings. The Bertz CT molecular complexity index is 393. The van der Waals surface area contributed by atoms with E-state index in [1.165, 1.54) is 37.7 Å². The molecule has 3 unspecified atom stereocenters. The van der Waals surface area contributed by atoms with Crippen LogP contribution >= 0.6 is 23.8 Å². The molecular formula is C19H33P3. The Morgan fingerprint density at radius 1 is 0.773 bits per heavy atom. The number of hydrogen-bond acceptors (Lipinski definition) is 0. The van der Waals surface area contributed by atoms with Crippen LogP contribution in [-0.4, -0.2) is 49.3 Å². The van der Waals surface area contributed by atoms with E-state index in [0.717, 1.165) is 0 Å². The molecule has 0 nitrogen and oxygen atoms in total. The molecule has 3 atom stereocenters. The molecule has 0 spiro atoms. The topological polar surface area (TPSA) is 0 Å². The van der Waals surface area contributed by atoms with Crippen LogP contribution in [0.1, 0.15) is 33.1 Å². The Balaban J connectivity index is 1.98. The van der Waals surface area contributed by atoms with Crippen molar-refractivity contribution in [2.75, 3.05) is 49.3 Å². The number of unbranched alkanes of at least 4 members (excludes halogenated alkanes) is 2. The molecule has 124 valence electrons. The SMILES string of the molecule is CCCCCP1CCP(CC)CCP(c2ccccc2)CC1. The normalized spacial score (nSPS) is 26.9. The summed E-state index contributed by atoms with van der Waals surface area (Å²) < 4.78 is 0. The second kappa shape index (κ2) is 11.1. The highest BCUT2D eigenvalue weighted by Crippen LogP contribution is 2.50. The van der Waals surface area contributed by atoms with E-state index >= 15 is 0 Å². The average molecular weight is 354 g/mol. The maximum Gasteiger partial charge on any atom is -0.0240 e. The van der Waals surface area contributed by atoms with Crippen molar-refractivity contribution in [3.63, 3.8) is 0 Å². The van der Waals surface area contributed by atoms with Gasteiger partial charge < -0.3 is 0 Å². The Morgan fingerprint density at radius 3 is 2.09 bits per heavy atom. The van der Waals surface area contributed by atoms with E-state index in [4.69, 9.17) is 0 Å². The van der Waals surface area contributed by atoms with Crippen LogP contribution in [0.4, 0.5) is 0 Å². The fourth-order valence-electron chi connectivity index (χ4n) is 3.16. The zero-order chi connectivity index (χ0) is 15.6. The van der Waals surface area contributed by atoms with Crippen molar-refractivity contribution in [1.82, 2.24) is 0 Å². The van der Waals surface area contributed by atoms with Gasteiger partial charge in [0.25, 0.3) is 0 Å². The lowest BCUT2D eigenvalue weighted by Gasteiger charge is -2.20. The van der Waals surface area contributed by atoms with Crippen LogP contribution < -0.4 is 5.30 Å². The van der Waals surface area contributed by atoms with Crippen molar-refractivity contribution in [2.45, 2.75) is 33.1 Å². The van der Waals surface area contributed by atoms with Gasteiger partial charge in [0.15, 0.2) is 0 Å². The van der Waals surface area contributed by atoms with Crippen molar-refractivity contribution in [1.29, 1.82) is 0 Å². The first-order valence-electron chi connectivity index (χ1n) is 9.08. The highest BCUT2D eigenvalue weighted by atomic mass is 31.1. The summed E-state index contributed by atoms with van der Waals surface area (Å²) in [4.78, 5) is 0. The van der Waals surface area contributed by atoms with Gasteiger partial charge in [-0.05, 0) is 61.0 Å². The lowest BCUT2D eigenvalue weighted by atomic mass is 10.3. The van der Waals surface area contributed by atoms with Crippen LogP contribution in [0.2, 0.25) is 0 Å². The summed E-state index contributed by atoms with van der Waals surface area (Å²) in [5.74, 6) is 0. The number of hydrogen-bond donors (Lipinski definition) is 0. The van der Waals surface area contributed by atoms with Gasteiger partial charge in [0.1, 0.15) is 0 Å².